The van der Waals surface area contributed by atoms with Crippen molar-refractivity contribution in [2.45, 2.75) is 32.2 Å². The van der Waals surface area contributed by atoms with Gasteiger partial charge in [0.25, 0.3) is 5.78 Å². The summed E-state index contributed by atoms with van der Waals surface area (Å²) in [6, 6.07) is 5.32. The quantitative estimate of drug-likeness (QED) is 0.854. The number of pyridine rings is 1. The van der Waals surface area contributed by atoms with Crippen LogP contribution in [0.15, 0.2) is 36.0 Å². The van der Waals surface area contributed by atoms with Gasteiger partial charge in [0.05, 0.1) is 5.69 Å². The zero-order valence-electron chi connectivity index (χ0n) is 11.6. The van der Waals surface area contributed by atoms with E-state index in [1.165, 1.54) is 0 Å². The Hall–Kier alpha value is -1.82. The molecule has 0 radical (unpaired) electrons. The van der Waals surface area contributed by atoms with Gasteiger partial charge in [-0.25, -0.2) is 0 Å². The molecule has 2 heterocycles. The van der Waals surface area contributed by atoms with Crippen molar-refractivity contribution in [2.75, 3.05) is 0 Å². The first-order valence-electron chi connectivity index (χ1n) is 6.08. The monoisotopic (exact) mass is 278 g/mol. The summed E-state index contributed by atoms with van der Waals surface area (Å²) in [5.41, 5.74) is 5.13. The first kappa shape index (κ1) is 13.6. The van der Waals surface area contributed by atoms with E-state index in [0.717, 1.165) is 0 Å². The Labute approximate surface area is 113 Å². The minimum Gasteiger partial charge on any atom is -0.538 e. The summed E-state index contributed by atoms with van der Waals surface area (Å²) in [6.45, 7) is 7.61. The molecule has 0 saturated carbocycles. The Kier molecular flexibility index (Phi) is 3.13. The zero-order chi connectivity index (χ0) is 14.3. The molecule has 1 aliphatic rings. The smallest absolute Gasteiger partial charge is 0.251 e. The van der Waals surface area contributed by atoms with Gasteiger partial charge >= 0.3 is 0 Å². The van der Waals surface area contributed by atoms with Crippen LogP contribution in [0.25, 0.3) is 0 Å². The number of carbonyl (C=O) groups excluding carboxylic acids is 1. The molecule has 1 aliphatic heterocycles. The minimum absolute atomic E-state index is 0.0422. The second-order valence-electron chi connectivity index (χ2n) is 5.59. The predicted octanol–water partition coefficient (Wildman–Crippen LogP) is 1.88. The summed E-state index contributed by atoms with van der Waals surface area (Å²) in [5, 5.41) is 0. The third-order valence-electron chi connectivity index (χ3n) is 2.74. The van der Waals surface area contributed by atoms with Crippen molar-refractivity contribution in [1.82, 2.24) is 4.98 Å². The van der Waals surface area contributed by atoms with Gasteiger partial charge in [-0.1, -0.05) is 6.07 Å². The second-order valence-corrected chi connectivity index (χ2v) is 10.0. The van der Waals surface area contributed by atoms with Crippen molar-refractivity contribution >= 4 is 14.1 Å². The van der Waals surface area contributed by atoms with E-state index < -0.39 is 13.9 Å². The van der Waals surface area contributed by atoms with Gasteiger partial charge in [0.1, 0.15) is 0 Å². The van der Waals surface area contributed by atoms with Crippen LogP contribution in [0.4, 0.5) is 0 Å². The number of ether oxygens (including phenoxy) is 1. The molecule has 102 valence electrons. The molecule has 1 unspecified atom stereocenters. The maximum absolute atomic E-state index is 12.5. The SMILES string of the molecule is CC1(c2ccccn2)OC(N)=C(O[Si](C)(C)C)C1=O. The Balaban J connectivity index is 2.34. The van der Waals surface area contributed by atoms with E-state index in [1.54, 1.807) is 31.3 Å². The molecule has 1 atom stereocenters. The molecule has 0 spiro atoms. The fraction of sp³-hybridized carbons (Fsp3) is 0.385. The largest absolute Gasteiger partial charge is 0.538 e. The molecular formula is C13H18N2O3Si. The Morgan fingerprint density at radius 2 is 2.05 bits per heavy atom. The average molecular weight is 278 g/mol. The highest BCUT2D eigenvalue weighted by molar-refractivity contribution is 6.70. The average Bonchev–Trinajstić information content (AvgIpc) is 2.54. The van der Waals surface area contributed by atoms with Gasteiger partial charge in [-0.2, -0.15) is 0 Å². The minimum atomic E-state index is -1.93. The predicted molar refractivity (Wildman–Crippen MR) is 73.3 cm³/mol. The number of nitrogens with zero attached hydrogens (tertiary/aromatic N) is 1. The van der Waals surface area contributed by atoms with Crippen LogP contribution in [0.3, 0.4) is 0 Å². The van der Waals surface area contributed by atoms with E-state index in [-0.39, 0.29) is 17.4 Å². The van der Waals surface area contributed by atoms with Crippen molar-refractivity contribution in [3.8, 4) is 0 Å². The maximum Gasteiger partial charge on any atom is 0.251 e. The molecule has 0 bridgehead atoms. The number of hydrogen-bond acceptors (Lipinski definition) is 5. The third kappa shape index (κ3) is 2.48. The maximum atomic E-state index is 12.5. The highest BCUT2D eigenvalue weighted by Gasteiger charge is 2.49. The number of aromatic nitrogens is 1. The Morgan fingerprint density at radius 1 is 1.37 bits per heavy atom. The number of hydrogen-bond donors (Lipinski definition) is 1. The van der Waals surface area contributed by atoms with Gasteiger partial charge in [-0.05, 0) is 38.7 Å². The summed E-state index contributed by atoms with van der Waals surface area (Å²) in [7, 11) is -1.93. The van der Waals surface area contributed by atoms with Crippen LogP contribution < -0.4 is 5.73 Å². The molecule has 1 aromatic rings. The van der Waals surface area contributed by atoms with E-state index in [2.05, 4.69) is 4.98 Å². The molecule has 0 amide bonds. The number of ketones is 1. The lowest BCUT2D eigenvalue weighted by molar-refractivity contribution is -0.131. The van der Waals surface area contributed by atoms with Crippen LogP contribution in [0.2, 0.25) is 19.6 Å². The Bertz CT molecular complexity index is 537. The lowest BCUT2D eigenvalue weighted by atomic mass is 9.96. The van der Waals surface area contributed by atoms with Crippen LogP contribution in [0.5, 0.6) is 0 Å². The van der Waals surface area contributed by atoms with E-state index in [9.17, 15) is 4.79 Å². The van der Waals surface area contributed by atoms with Crippen molar-refractivity contribution in [1.29, 1.82) is 0 Å². The van der Waals surface area contributed by atoms with Crippen LogP contribution in [-0.2, 0) is 19.6 Å². The molecule has 0 aliphatic carbocycles. The van der Waals surface area contributed by atoms with E-state index in [4.69, 9.17) is 14.9 Å². The van der Waals surface area contributed by atoms with Gasteiger partial charge in [-0.3, -0.25) is 9.78 Å². The fourth-order valence-electron chi connectivity index (χ4n) is 1.86. The van der Waals surface area contributed by atoms with Crippen LogP contribution >= 0.6 is 0 Å². The molecule has 2 N–H and O–H groups in total. The van der Waals surface area contributed by atoms with E-state index >= 15 is 0 Å². The first-order chi connectivity index (χ1) is 8.74. The standard InChI is InChI=1S/C13H18N2O3Si/c1-13(9-7-5-6-8-15-9)11(16)10(12(14)17-13)18-19(2,3)4/h5-8H,14H2,1-4H3. The third-order valence-corrected chi connectivity index (χ3v) is 3.56. The van der Waals surface area contributed by atoms with Gasteiger partial charge < -0.3 is 14.9 Å². The van der Waals surface area contributed by atoms with E-state index in [0.29, 0.717) is 5.69 Å². The summed E-state index contributed by atoms with van der Waals surface area (Å²) in [6.07, 6.45) is 1.62. The number of nitrogens with two attached hydrogens (primary N) is 1. The lowest BCUT2D eigenvalue weighted by Gasteiger charge is -2.22. The van der Waals surface area contributed by atoms with Crippen LogP contribution in [0, 0.1) is 0 Å². The molecule has 2 rings (SSSR count). The molecule has 5 nitrogen and oxygen atoms in total. The summed E-state index contributed by atoms with van der Waals surface area (Å²) in [4.78, 5) is 16.7. The zero-order valence-corrected chi connectivity index (χ0v) is 12.6. The molecule has 19 heavy (non-hydrogen) atoms. The molecule has 0 aromatic carbocycles. The highest BCUT2D eigenvalue weighted by Crippen LogP contribution is 2.37. The molecule has 0 fully saturated rings. The molecule has 0 saturated heterocycles. The normalized spacial score (nSPS) is 23.5. The van der Waals surface area contributed by atoms with Crippen molar-refractivity contribution in [3.63, 3.8) is 0 Å². The molecular weight excluding hydrogens is 260 g/mol. The van der Waals surface area contributed by atoms with Gasteiger partial charge in [0.2, 0.25) is 25.6 Å². The van der Waals surface area contributed by atoms with Gasteiger partial charge in [0.15, 0.2) is 0 Å². The van der Waals surface area contributed by atoms with Crippen LogP contribution in [-0.4, -0.2) is 19.1 Å². The summed E-state index contributed by atoms with van der Waals surface area (Å²) in [5.74, 6) is -0.0981. The summed E-state index contributed by atoms with van der Waals surface area (Å²) >= 11 is 0. The van der Waals surface area contributed by atoms with Gasteiger partial charge in [0, 0.05) is 6.20 Å². The Morgan fingerprint density at radius 3 is 2.58 bits per heavy atom. The fourth-order valence-corrected chi connectivity index (χ4v) is 2.66. The van der Waals surface area contributed by atoms with Crippen molar-refractivity contribution < 1.29 is 14.0 Å². The highest BCUT2D eigenvalue weighted by atomic mass is 28.4. The summed E-state index contributed by atoms with van der Waals surface area (Å²) < 4.78 is 11.3. The number of Topliss-reactive ketones (excluding diaryl/α,β-unsaturated/α-hetero) is 1. The van der Waals surface area contributed by atoms with Crippen LogP contribution in [0.1, 0.15) is 12.6 Å². The lowest BCUT2D eigenvalue weighted by Crippen LogP contribution is -2.35. The van der Waals surface area contributed by atoms with Crippen molar-refractivity contribution in [3.05, 3.63) is 41.7 Å². The number of carbonyl (C=O) groups is 1. The van der Waals surface area contributed by atoms with E-state index in [1.807, 2.05) is 19.6 Å². The first-order valence-corrected chi connectivity index (χ1v) is 9.49. The molecule has 1 aromatic heterocycles. The van der Waals surface area contributed by atoms with Crippen molar-refractivity contribution in [2.24, 2.45) is 5.73 Å². The second kappa shape index (κ2) is 4.38. The molecule has 6 heteroatoms. The number of rotatable bonds is 3. The van der Waals surface area contributed by atoms with Gasteiger partial charge in [-0.15, -0.1) is 0 Å². The topological polar surface area (TPSA) is 74.4 Å².